The Labute approximate surface area is 237 Å². The maximum atomic E-state index is 13.9. The zero-order chi connectivity index (χ0) is 27.8. The average Bonchev–Trinajstić information content (AvgIpc) is 3.68. The van der Waals surface area contributed by atoms with E-state index in [1.54, 1.807) is 18.4 Å². The van der Waals surface area contributed by atoms with E-state index >= 15 is 0 Å². The SMILES string of the molecule is CCOC(=O)C1=C(C)N=c2s/c(=C\c3cn(Cc4ccc(C#N)cc4)c4ccccc34)c(=O)n2[C@H]1c1cccs1. The van der Waals surface area contributed by atoms with Crippen LogP contribution in [0.4, 0.5) is 0 Å². The summed E-state index contributed by atoms with van der Waals surface area (Å²) in [5.41, 5.74) is 4.42. The molecular formula is C31H24N4O3S2. The Morgan fingerprint density at radius 2 is 1.95 bits per heavy atom. The van der Waals surface area contributed by atoms with Crippen LogP contribution >= 0.6 is 22.7 Å². The lowest BCUT2D eigenvalue weighted by atomic mass is 10.0. The van der Waals surface area contributed by atoms with Gasteiger partial charge in [0.25, 0.3) is 5.56 Å². The number of carbonyl (C=O) groups is 1. The average molecular weight is 565 g/mol. The van der Waals surface area contributed by atoms with Gasteiger partial charge in [-0.1, -0.05) is 47.7 Å². The van der Waals surface area contributed by atoms with Gasteiger partial charge in [-0.15, -0.1) is 11.3 Å². The predicted molar refractivity (Wildman–Crippen MR) is 157 cm³/mol. The van der Waals surface area contributed by atoms with Crippen molar-refractivity contribution in [2.45, 2.75) is 26.4 Å². The van der Waals surface area contributed by atoms with Crippen LogP contribution in [-0.4, -0.2) is 21.7 Å². The fourth-order valence-corrected chi connectivity index (χ4v) is 6.91. The van der Waals surface area contributed by atoms with E-state index in [0.717, 1.165) is 26.9 Å². The molecule has 7 nitrogen and oxygen atoms in total. The summed E-state index contributed by atoms with van der Waals surface area (Å²) in [6.45, 7) is 4.42. The molecule has 0 amide bonds. The maximum absolute atomic E-state index is 13.9. The van der Waals surface area contributed by atoms with Crippen molar-refractivity contribution in [2.75, 3.05) is 6.61 Å². The van der Waals surface area contributed by atoms with Crippen LogP contribution in [0.1, 0.15) is 41.5 Å². The van der Waals surface area contributed by atoms with Gasteiger partial charge in [0.05, 0.1) is 34.0 Å². The molecule has 0 spiro atoms. The summed E-state index contributed by atoms with van der Waals surface area (Å²) >= 11 is 2.82. The zero-order valence-electron chi connectivity index (χ0n) is 21.8. The van der Waals surface area contributed by atoms with E-state index in [2.05, 4.69) is 21.7 Å². The van der Waals surface area contributed by atoms with Crippen LogP contribution < -0.4 is 14.9 Å². The Morgan fingerprint density at radius 3 is 2.67 bits per heavy atom. The van der Waals surface area contributed by atoms with Gasteiger partial charge in [-0.05, 0) is 55.1 Å². The zero-order valence-corrected chi connectivity index (χ0v) is 23.5. The van der Waals surface area contributed by atoms with Crippen LogP contribution in [0.5, 0.6) is 0 Å². The van der Waals surface area contributed by atoms with Crippen LogP contribution in [0, 0.1) is 11.3 Å². The van der Waals surface area contributed by atoms with Gasteiger partial charge in [0.15, 0.2) is 4.80 Å². The molecule has 2 aromatic carbocycles. The number of benzene rings is 2. The second-order valence-corrected chi connectivity index (χ2v) is 11.3. The number of thiazole rings is 1. The highest BCUT2D eigenvalue weighted by Gasteiger charge is 2.33. The number of nitrogens with zero attached hydrogens (tertiary/aromatic N) is 4. The molecule has 40 heavy (non-hydrogen) atoms. The molecule has 0 N–H and O–H groups in total. The molecule has 0 bridgehead atoms. The first-order valence-electron chi connectivity index (χ1n) is 12.8. The molecule has 9 heteroatoms. The highest BCUT2D eigenvalue weighted by Crippen LogP contribution is 2.33. The standard InChI is InChI=1S/C31H24N4O3S2/c1-3-38-30(37)27-19(2)33-31-35(28(27)25-9-6-14-39-25)29(36)26(40-31)15-22-18-34(24-8-5-4-7-23(22)24)17-21-12-10-20(16-32)11-13-21/h4-15,18,28H,3,17H2,1-2H3/b26-15-/t28-/m0/s1. The maximum Gasteiger partial charge on any atom is 0.338 e. The summed E-state index contributed by atoms with van der Waals surface area (Å²) in [5, 5.41) is 12.1. The number of allylic oxidation sites excluding steroid dienone is 1. The summed E-state index contributed by atoms with van der Waals surface area (Å²) in [4.78, 5) is 33.0. The second-order valence-electron chi connectivity index (χ2n) is 9.36. The van der Waals surface area contributed by atoms with Gasteiger partial charge in [0, 0.05) is 34.1 Å². The first-order valence-corrected chi connectivity index (χ1v) is 14.5. The summed E-state index contributed by atoms with van der Waals surface area (Å²) < 4.78 is 9.67. The number of nitriles is 1. The molecule has 0 radical (unpaired) electrons. The molecule has 1 aliphatic rings. The fraction of sp³-hybridized carbons (Fsp3) is 0.161. The molecule has 1 atom stereocenters. The minimum Gasteiger partial charge on any atom is -0.463 e. The highest BCUT2D eigenvalue weighted by molar-refractivity contribution is 7.10. The second kappa shape index (κ2) is 10.6. The number of hydrogen-bond donors (Lipinski definition) is 0. The van der Waals surface area contributed by atoms with Crippen LogP contribution in [0.25, 0.3) is 17.0 Å². The van der Waals surface area contributed by atoms with E-state index in [4.69, 9.17) is 10.00 Å². The summed E-state index contributed by atoms with van der Waals surface area (Å²) in [6.07, 6.45) is 3.96. The first kappa shape index (κ1) is 25.7. The lowest BCUT2D eigenvalue weighted by Crippen LogP contribution is -2.39. The van der Waals surface area contributed by atoms with Gasteiger partial charge in [-0.2, -0.15) is 5.26 Å². The van der Waals surface area contributed by atoms with Crippen molar-refractivity contribution in [1.29, 1.82) is 5.26 Å². The van der Waals surface area contributed by atoms with Crippen molar-refractivity contribution in [2.24, 2.45) is 4.99 Å². The Morgan fingerprint density at radius 1 is 1.15 bits per heavy atom. The third kappa shape index (κ3) is 4.51. The molecule has 5 aromatic rings. The van der Waals surface area contributed by atoms with Crippen molar-refractivity contribution in [3.63, 3.8) is 0 Å². The molecule has 0 fully saturated rings. The van der Waals surface area contributed by atoms with E-state index < -0.39 is 12.0 Å². The van der Waals surface area contributed by atoms with Crippen LogP contribution in [-0.2, 0) is 16.1 Å². The number of para-hydroxylation sites is 1. The number of esters is 1. The summed E-state index contributed by atoms with van der Waals surface area (Å²) in [6, 6.07) is 21.1. The lowest BCUT2D eigenvalue weighted by molar-refractivity contribution is -0.139. The van der Waals surface area contributed by atoms with Crippen molar-refractivity contribution in [1.82, 2.24) is 9.13 Å². The molecule has 4 heterocycles. The van der Waals surface area contributed by atoms with Crippen molar-refractivity contribution in [3.8, 4) is 6.07 Å². The molecule has 0 saturated carbocycles. The van der Waals surface area contributed by atoms with E-state index in [1.165, 1.54) is 22.7 Å². The van der Waals surface area contributed by atoms with Crippen LogP contribution in [0.15, 0.2) is 93.3 Å². The largest absolute Gasteiger partial charge is 0.463 e. The summed E-state index contributed by atoms with van der Waals surface area (Å²) in [7, 11) is 0. The van der Waals surface area contributed by atoms with Crippen molar-refractivity contribution >= 4 is 45.6 Å². The number of aromatic nitrogens is 2. The normalized spacial score (nSPS) is 15.1. The van der Waals surface area contributed by atoms with Crippen molar-refractivity contribution in [3.05, 3.63) is 125 Å². The number of thiophene rings is 1. The molecule has 3 aromatic heterocycles. The molecule has 0 saturated heterocycles. The highest BCUT2D eigenvalue weighted by atomic mass is 32.1. The number of fused-ring (bicyclic) bond motifs is 2. The Hall–Kier alpha value is -4.52. The Balaban J connectivity index is 1.48. The fourth-order valence-electron chi connectivity index (χ4n) is 5.05. The van der Waals surface area contributed by atoms with Gasteiger partial charge < -0.3 is 9.30 Å². The number of rotatable bonds is 6. The lowest BCUT2D eigenvalue weighted by Gasteiger charge is -2.23. The summed E-state index contributed by atoms with van der Waals surface area (Å²) in [5.74, 6) is -0.456. The van der Waals surface area contributed by atoms with Crippen LogP contribution in [0.3, 0.4) is 0 Å². The van der Waals surface area contributed by atoms with E-state index in [0.29, 0.717) is 32.7 Å². The third-order valence-corrected chi connectivity index (χ3v) is 8.78. The Kier molecular flexibility index (Phi) is 6.80. The number of hydrogen-bond acceptors (Lipinski definition) is 7. The van der Waals surface area contributed by atoms with E-state index in [-0.39, 0.29) is 12.2 Å². The minimum atomic E-state index is -0.588. The van der Waals surface area contributed by atoms with Crippen LogP contribution in [0.2, 0.25) is 0 Å². The predicted octanol–water partition coefficient (Wildman–Crippen LogP) is 4.73. The van der Waals surface area contributed by atoms with Gasteiger partial charge in [-0.25, -0.2) is 9.79 Å². The molecule has 0 aliphatic carbocycles. The number of carbonyl (C=O) groups excluding carboxylic acids is 1. The number of ether oxygens (including phenoxy) is 1. The Bertz CT molecular complexity index is 2000. The molecule has 1 aliphatic heterocycles. The molecule has 0 unspecified atom stereocenters. The quantitative estimate of drug-likeness (QED) is 0.279. The van der Waals surface area contributed by atoms with E-state index in [9.17, 15) is 9.59 Å². The minimum absolute atomic E-state index is 0.194. The molecule has 6 rings (SSSR count). The molecule has 198 valence electrons. The monoisotopic (exact) mass is 564 g/mol. The van der Waals surface area contributed by atoms with E-state index in [1.807, 2.05) is 72.3 Å². The topological polar surface area (TPSA) is 89.4 Å². The van der Waals surface area contributed by atoms with Gasteiger partial charge in [-0.3, -0.25) is 9.36 Å². The van der Waals surface area contributed by atoms with Gasteiger partial charge in [0.1, 0.15) is 6.04 Å². The van der Waals surface area contributed by atoms with Gasteiger partial charge >= 0.3 is 5.97 Å². The van der Waals surface area contributed by atoms with Gasteiger partial charge in [0.2, 0.25) is 0 Å². The smallest absolute Gasteiger partial charge is 0.338 e. The molecular weight excluding hydrogens is 541 g/mol. The third-order valence-electron chi connectivity index (χ3n) is 6.87. The first-order chi connectivity index (χ1) is 19.5. The van der Waals surface area contributed by atoms with Crippen molar-refractivity contribution < 1.29 is 9.53 Å².